The molecule has 7 heteroatoms. The van der Waals surface area contributed by atoms with E-state index in [0.29, 0.717) is 20.7 Å². The second-order valence-electron chi connectivity index (χ2n) is 3.77. The fourth-order valence-electron chi connectivity index (χ4n) is 1.54. The van der Waals surface area contributed by atoms with Gasteiger partial charge in [-0.15, -0.1) is 0 Å². The summed E-state index contributed by atoms with van der Waals surface area (Å²) in [7, 11) is 0. The minimum Gasteiger partial charge on any atom is -0.465 e. The first-order valence-electron chi connectivity index (χ1n) is 5.63. The summed E-state index contributed by atoms with van der Waals surface area (Å²) in [4.78, 5) is 12.6. The number of thioether (sulfide) groups is 1. The third kappa shape index (κ3) is 2.59. The van der Waals surface area contributed by atoms with E-state index in [2.05, 4.69) is 5.10 Å². The molecule has 1 fully saturated rings. The first-order valence-corrected chi connectivity index (χ1v) is 6.85. The molecule has 0 aromatic carbocycles. The van der Waals surface area contributed by atoms with Crippen molar-refractivity contribution in [3.8, 4) is 0 Å². The Bertz CT molecular complexity index is 687. The van der Waals surface area contributed by atoms with E-state index in [0.717, 1.165) is 5.01 Å². The molecule has 0 N–H and O–H groups in total. The smallest absolute Gasteiger partial charge is 0.286 e. The summed E-state index contributed by atoms with van der Waals surface area (Å²) in [5, 5.41) is 5.20. The Morgan fingerprint density at radius 3 is 2.55 bits per heavy atom. The zero-order valence-corrected chi connectivity index (χ0v) is 11.7. The lowest BCUT2D eigenvalue weighted by atomic mass is 10.4. The largest absolute Gasteiger partial charge is 0.465 e. The van der Waals surface area contributed by atoms with Gasteiger partial charge in [-0.2, -0.15) is 10.1 Å². The summed E-state index contributed by atoms with van der Waals surface area (Å²) in [5.74, 6) is 0.869. The highest BCUT2D eigenvalue weighted by atomic mass is 32.2. The number of carbonyl (C=O) groups excluding carboxylic acids is 1. The molecule has 0 aliphatic carbocycles. The lowest BCUT2D eigenvalue weighted by Gasteiger charge is -2.04. The second kappa shape index (κ2) is 5.48. The molecule has 5 nitrogen and oxygen atoms in total. The van der Waals surface area contributed by atoms with Crippen LogP contribution in [0.1, 0.15) is 11.5 Å². The molecule has 20 heavy (non-hydrogen) atoms. The van der Waals surface area contributed by atoms with Crippen LogP contribution in [0.5, 0.6) is 0 Å². The Balaban J connectivity index is 1.80. The summed E-state index contributed by atoms with van der Waals surface area (Å²) in [6.45, 7) is 0. The van der Waals surface area contributed by atoms with Crippen molar-refractivity contribution in [2.24, 2.45) is 5.10 Å². The van der Waals surface area contributed by atoms with Crippen molar-refractivity contribution in [2.75, 3.05) is 0 Å². The third-order valence-corrected chi connectivity index (χ3v) is 3.72. The molecule has 0 bridgehead atoms. The van der Waals surface area contributed by atoms with Gasteiger partial charge in [0.1, 0.15) is 11.5 Å². The van der Waals surface area contributed by atoms with E-state index in [1.54, 1.807) is 36.6 Å². The van der Waals surface area contributed by atoms with Crippen LogP contribution in [0.25, 0.3) is 6.08 Å². The molecule has 0 atom stereocenters. The van der Waals surface area contributed by atoms with Gasteiger partial charge in [0.15, 0.2) is 4.32 Å². The molecule has 0 saturated carbocycles. The van der Waals surface area contributed by atoms with Crippen molar-refractivity contribution in [2.45, 2.75) is 0 Å². The summed E-state index contributed by atoms with van der Waals surface area (Å²) < 4.78 is 10.7. The highest BCUT2D eigenvalue weighted by molar-refractivity contribution is 8.26. The summed E-state index contributed by atoms with van der Waals surface area (Å²) >= 11 is 6.32. The number of carbonyl (C=O) groups is 1. The van der Waals surface area contributed by atoms with Gasteiger partial charge < -0.3 is 8.83 Å². The van der Waals surface area contributed by atoms with Crippen LogP contribution in [0.2, 0.25) is 0 Å². The molecular formula is C13H8N2O3S2. The number of rotatable bonds is 3. The molecule has 1 amide bonds. The SMILES string of the molecule is O=C1/C(=C/c2ccco2)SC(=S)N1/N=C/c1ccco1. The molecule has 1 aliphatic heterocycles. The van der Waals surface area contributed by atoms with Gasteiger partial charge in [0.2, 0.25) is 0 Å². The standard InChI is InChI=1S/C13H8N2O3S2/c16-12-11(7-9-3-1-5-17-9)20-13(19)15(12)14-8-10-4-2-6-18-10/h1-8H/b11-7-,14-8+. The van der Waals surface area contributed by atoms with E-state index in [1.807, 2.05) is 0 Å². The van der Waals surface area contributed by atoms with Crippen molar-refractivity contribution in [1.29, 1.82) is 0 Å². The van der Waals surface area contributed by atoms with Crippen molar-refractivity contribution in [3.05, 3.63) is 53.2 Å². The van der Waals surface area contributed by atoms with Crippen LogP contribution in [-0.2, 0) is 4.79 Å². The minimum absolute atomic E-state index is 0.279. The van der Waals surface area contributed by atoms with Crippen molar-refractivity contribution >= 4 is 46.5 Å². The third-order valence-electron chi connectivity index (χ3n) is 2.43. The minimum atomic E-state index is -0.279. The Labute approximate surface area is 123 Å². The molecule has 0 unspecified atom stereocenters. The highest BCUT2D eigenvalue weighted by Gasteiger charge is 2.32. The maximum Gasteiger partial charge on any atom is 0.286 e. The van der Waals surface area contributed by atoms with Crippen LogP contribution < -0.4 is 0 Å². The van der Waals surface area contributed by atoms with E-state index >= 15 is 0 Å². The predicted molar refractivity (Wildman–Crippen MR) is 80.0 cm³/mol. The van der Waals surface area contributed by atoms with Gasteiger partial charge in [-0.3, -0.25) is 4.79 Å². The molecule has 100 valence electrons. The Kier molecular flexibility index (Phi) is 3.53. The normalized spacial score (nSPS) is 17.8. The lowest BCUT2D eigenvalue weighted by Crippen LogP contribution is -2.22. The van der Waals surface area contributed by atoms with Crippen LogP contribution in [0, 0.1) is 0 Å². The molecule has 0 radical (unpaired) electrons. The van der Waals surface area contributed by atoms with Crippen LogP contribution in [0.3, 0.4) is 0 Å². The Hall–Kier alpha value is -2.12. The number of furan rings is 2. The van der Waals surface area contributed by atoms with Crippen molar-refractivity contribution in [3.63, 3.8) is 0 Å². The zero-order chi connectivity index (χ0) is 13.9. The van der Waals surface area contributed by atoms with Gasteiger partial charge in [-0.05, 0) is 36.5 Å². The fraction of sp³-hybridized carbons (Fsp3) is 0. The quantitative estimate of drug-likeness (QED) is 0.495. The molecular weight excluding hydrogens is 296 g/mol. The lowest BCUT2D eigenvalue weighted by molar-refractivity contribution is -0.122. The first-order chi connectivity index (χ1) is 9.74. The summed E-state index contributed by atoms with van der Waals surface area (Å²) in [5.41, 5.74) is 0. The zero-order valence-electron chi connectivity index (χ0n) is 10.1. The topological polar surface area (TPSA) is 59.0 Å². The van der Waals surface area contributed by atoms with Crippen molar-refractivity contribution < 1.29 is 13.6 Å². The fourth-order valence-corrected chi connectivity index (χ4v) is 2.69. The van der Waals surface area contributed by atoms with Crippen LogP contribution in [0.4, 0.5) is 0 Å². The average Bonchev–Trinajstić information content (AvgIpc) is 3.13. The molecule has 1 aliphatic rings. The molecule has 0 spiro atoms. The number of amides is 1. The molecule has 2 aromatic heterocycles. The predicted octanol–water partition coefficient (Wildman–Crippen LogP) is 3.11. The van der Waals surface area contributed by atoms with Gasteiger partial charge >= 0.3 is 0 Å². The summed E-state index contributed by atoms with van der Waals surface area (Å²) in [6, 6.07) is 6.99. The van der Waals surface area contributed by atoms with Gasteiger partial charge in [0, 0.05) is 6.08 Å². The van der Waals surface area contributed by atoms with E-state index in [4.69, 9.17) is 21.1 Å². The average molecular weight is 304 g/mol. The first kappa shape index (κ1) is 12.9. The molecule has 1 saturated heterocycles. The Morgan fingerprint density at radius 1 is 1.20 bits per heavy atom. The maximum absolute atomic E-state index is 12.2. The number of thiocarbonyl (C=S) groups is 1. The maximum atomic E-state index is 12.2. The monoisotopic (exact) mass is 304 g/mol. The van der Waals surface area contributed by atoms with Gasteiger partial charge in [0.25, 0.3) is 5.91 Å². The van der Waals surface area contributed by atoms with E-state index in [1.165, 1.54) is 24.2 Å². The van der Waals surface area contributed by atoms with Gasteiger partial charge in [-0.25, -0.2) is 0 Å². The van der Waals surface area contributed by atoms with Crippen molar-refractivity contribution in [1.82, 2.24) is 5.01 Å². The van der Waals surface area contributed by atoms with Gasteiger partial charge in [0.05, 0.1) is 23.6 Å². The number of hydrogen-bond donors (Lipinski definition) is 0. The second-order valence-corrected chi connectivity index (χ2v) is 5.44. The number of hydrazone groups is 1. The molecule has 2 aromatic rings. The van der Waals surface area contributed by atoms with Crippen LogP contribution in [-0.4, -0.2) is 21.5 Å². The van der Waals surface area contributed by atoms with E-state index in [9.17, 15) is 4.79 Å². The molecule has 3 heterocycles. The molecule has 3 rings (SSSR count). The Morgan fingerprint density at radius 2 is 1.90 bits per heavy atom. The number of nitrogens with zero attached hydrogens (tertiary/aromatic N) is 2. The van der Waals surface area contributed by atoms with E-state index in [-0.39, 0.29) is 5.91 Å². The van der Waals surface area contributed by atoms with Crippen LogP contribution >= 0.6 is 24.0 Å². The van der Waals surface area contributed by atoms with Crippen LogP contribution in [0.15, 0.2) is 55.6 Å². The van der Waals surface area contributed by atoms with E-state index < -0.39 is 0 Å². The summed E-state index contributed by atoms with van der Waals surface area (Å²) in [6.07, 6.45) is 6.16. The number of hydrogen-bond acceptors (Lipinski definition) is 6. The van der Waals surface area contributed by atoms with Gasteiger partial charge in [-0.1, -0.05) is 11.8 Å². The highest BCUT2D eigenvalue weighted by Crippen LogP contribution is 2.32.